The van der Waals surface area contributed by atoms with E-state index < -0.39 is 5.41 Å². The Morgan fingerprint density at radius 2 is 1.75 bits per heavy atom. The van der Waals surface area contributed by atoms with Crippen molar-refractivity contribution in [3.63, 3.8) is 0 Å². The van der Waals surface area contributed by atoms with Gasteiger partial charge in [-0.05, 0) is 37.1 Å². The minimum absolute atomic E-state index is 0.116. The van der Waals surface area contributed by atoms with Crippen molar-refractivity contribution in [2.24, 2.45) is 0 Å². The van der Waals surface area contributed by atoms with Gasteiger partial charge in [-0.1, -0.05) is 42.5 Å². The molecule has 2 aromatic rings. The van der Waals surface area contributed by atoms with Gasteiger partial charge in [0.15, 0.2) is 0 Å². The van der Waals surface area contributed by atoms with Gasteiger partial charge in [-0.2, -0.15) is 0 Å². The Labute approximate surface area is 119 Å². The van der Waals surface area contributed by atoms with E-state index in [9.17, 15) is 4.79 Å². The Morgan fingerprint density at radius 1 is 1.10 bits per heavy atom. The predicted octanol–water partition coefficient (Wildman–Crippen LogP) is 4.20. The van der Waals surface area contributed by atoms with Crippen LogP contribution >= 0.6 is 0 Å². The standard InChI is InChI=1S/C18H17NO/c1-3-13-18(2)15-11-7-8-12-16(15)19(17(18)20)14-9-5-4-6-10-14/h3-12H,1,13H2,2H3/t18-/m0/s1. The summed E-state index contributed by atoms with van der Waals surface area (Å²) < 4.78 is 0. The fourth-order valence-electron chi connectivity index (χ4n) is 2.93. The number of carbonyl (C=O) groups excluding carboxylic acids is 1. The minimum Gasteiger partial charge on any atom is -0.280 e. The molecule has 2 nitrogen and oxygen atoms in total. The number of fused-ring (bicyclic) bond motifs is 1. The highest BCUT2D eigenvalue weighted by Crippen LogP contribution is 2.47. The van der Waals surface area contributed by atoms with Gasteiger partial charge in [-0.3, -0.25) is 9.69 Å². The van der Waals surface area contributed by atoms with Crippen LogP contribution in [0, 0.1) is 0 Å². The molecule has 0 radical (unpaired) electrons. The van der Waals surface area contributed by atoms with E-state index in [0.717, 1.165) is 16.9 Å². The summed E-state index contributed by atoms with van der Waals surface area (Å²) in [6.45, 7) is 5.80. The van der Waals surface area contributed by atoms with Crippen molar-refractivity contribution in [3.05, 3.63) is 72.8 Å². The van der Waals surface area contributed by atoms with Crippen LogP contribution in [0.2, 0.25) is 0 Å². The first-order chi connectivity index (χ1) is 9.68. The summed E-state index contributed by atoms with van der Waals surface area (Å²) in [6.07, 6.45) is 2.47. The maximum Gasteiger partial charge on any atom is 0.242 e. The fourth-order valence-corrected chi connectivity index (χ4v) is 2.93. The molecule has 1 heterocycles. The van der Waals surface area contributed by atoms with E-state index in [-0.39, 0.29) is 5.91 Å². The van der Waals surface area contributed by atoms with E-state index in [1.165, 1.54) is 0 Å². The normalized spacial score (nSPS) is 20.9. The molecule has 0 saturated heterocycles. The fraction of sp³-hybridized carbons (Fsp3) is 0.167. The summed E-state index contributed by atoms with van der Waals surface area (Å²) in [5, 5.41) is 0. The van der Waals surface area contributed by atoms with E-state index in [4.69, 9.17) is 0 Å². The van der Waals surface area contributed by atoms with Crippen LogP contribution in [0.4, 0.5) is 11.4 Å². The average molecular weight is 263 g/mol. The number of anilines is 2. The number of para-hydroxylation sites is 2. The number of carbonyl (C=O) groups is 1. The lowest BCUT2D eigenvalue weighted by molar-refractivity contribution is -0.121. The smallest absolute Gasteiger partial charge is 0.242 e. The first-order valence-electron chi connectivity index (χ1n) is 6.78. The van der Waals surface area contributed by atoms with Crippen molar-refractivity contribution in [2.75, 3.05) is 4.90 Å². The molecule has 2 heteroatoms. The SMILES string of the molecule is C=CC[C@]1(C)C(=O)N(c2ccccc2)c2ccccc21. The molecule has 1 amide bonds. The molecule has 100 valence electrons. The van der Waals surface area contributed by atoms with Crippen LogP contribution in [0.15, 0.2) is 67.3 Å². The highest BCUT2D eigenvalue weighted by atomic mass is 16.2. The predicted molar refractivity (Wildman–Crippen MR) is 82.2 cm³/mol. The maximum atomic E-state index is 13.0. The molecule has 0 fully saturated rings. The van der Waals surface area contributed by atoms with E-state index in [1.54, 1.807) is 0 Å². The third-order valence-electron chi connectivity index (χ3n) is 3.98. The van der Waals surface area contributed by atoms with E-state index >= 15 is 0 Å². The molecule has 0 aromatic heterocycles. The summed E-state index contributed by atoms with van der Waals surface area (Å²) in [5.74, 6) is 0.116. The summed E-state index contributed by atoms with van der Waals surface area (Å²) in [6, 6.07) is 17.8. The largest absolute Gasteiger partial charge is 0.280 e. The van der Waals surface area contributed by atoms with Crippen molar-refractivity contribution in [1.29, 1.82) is 0 Å². The van der Waals surface area contributed by atoms with Crippen LogP contribution < -0.4 is 4.90 Å². The number of hydrogen-bond acceptors (Lipinski definition) is 1. The van der Waals surface area contributed by atoms with Crippen LogP contribution in [0.3, 0.4) is 0 Å². The summed E-state index contributed by atoms with van der Waals surface area (Å²) in [7, 11) is 0. The van der Waals surface area contributed by atoms with Gasteiger partial charge in [0, 0.05) is 5.69 Å². The summed E-state index contributed by atoms with van der Waals surface area (Å²) >= 11 is 0. The zero-order valence-electron chi connectivity index (χ0n) is 11.5. The monoisotopic (exact) mass is 263 g/mol. The van der Waals surface area contributed by atoms with Gasteiger partial charge in [0.05, 0.1) is 11.1 Å². The molecule has 1 aliphatic heterocycles. The first kappa shape index (κ1) is 12.7. The van der Waals surface area contributed by atoms with E-state index in [1.807, 2.05) is 72.5 Å². The summed E-state index contributed by atoms with van der Waals surface area (Å²) in [4.78, 5) is 14.8. The number of benzene rings is 2. The lowest BCUT2D eigenvalue weighted by Crippen LogP contribution is -2.35. The third-order valence-corrected chi connectivity index (χ3v) is 3.98. The van der Waals surface area contributed by atoms with Crippen LogP contribution in [0.5, 0.6) is 0 Å². The van der Waals surface area contributed by atoms with Crippen LogP contribution in [0.1, 0.15) is 18.9 Å². The van der Waals surface area contributed by atoms with Gasteiger partial charge in [0.2, 0.25) is 5.91 Å². The van der Waals surface area contributed by atoms with Gasteiger partial charge >= 0.3 is 0 Å². The van der Waals surface area contributed by atoms with Gasteiger partial charge in [0.25, 0.3) is 0 Å². The number of nitrogens with zero attached hydrogens (tertiary/aromatic N) is 1. The Hall–Kier alpha value is -2.35. The second-order valence-corrected chi connectivity index (χ2v) is 5.32. The Kier molecular flexibility index (Phi) is 2.94. The highest BCUT2D eigenvalue weighted by Gasteiger charge is 2.46. The Bertz CT molecular complexity index is 662. The van der Waals surface area contributed by atoms with Gasteiger partial charge in [-0.25, -0.2) is 0 Å². The molecule has 1 aliphatic rings. The number of amides is 1. The number of rotatable bonds is 3. The van der Waals surface area contributed by atoms with Crippen LogP contribution in [-0.2, 0) is 10.2 Å². The molecule has 0 bridgehead atoms. The number of allylic oxidation sites excluding steroid dienone is 1. The van der Waals surface area contributed by atoms with Crippen LogP contribution in [0.25, 0.3) is 0 Å². The zero-order valence-corrected chi connectivity index (χ0v) is 11.5. The van der Waals surface area contributed by atoms with Crippen LogP contribution in [-0.4, -0.2) is 5.91 Å². The zero-order chi connectivity index (χ0) is 14.2. The molecule has 0 saturated carbocycles. The maximum absolute atomic E-state index is 13.0. The lowest BCUT2D eigenvalue weighted by atomic mass is 9.81. The summed E-state index contributed by atoms with van der Waals surface area (Å²) in [5.41, 5.74) is 2.45. The average Bonchev–Trinajstić information content (AvgIpc) is 2.70. The number of hydrogen-bond donors (Lipinski definition) is 0. The van der Waals surface area contributed by atoms with Crippen molar-refractivity contribution in [3.8, 4) is 0 Å². The quantitative estimate of drug-likeness (QED) is 0.760. The van der Waals surface area contributed by atoms with Crippen molar-refractivity contribution >= 4 is 17.3 Å². The van der Waals surface area contributed by atoms with Gasteiger partial charge < -0.3 is 0 Å². The molecule has 0 unspecified atom stereocenters. The second-order valence-electron chi connectivity index (χ2n) is 5.32. The highest BCUT2D eigenvalue weighted by molar-refractivity contribution is 6.12. The first-order valence-corrected chi connectivity index (χ1v) is 6.78. The van der Waals surface area contributed by atoms with Crippen molar-refractivity contribution < 1.29 is 4.79 Å². The Balaban J connectivity index is 2.19. The molecule has 1 atom stereocenters. The molecular weight excluding hydrogens is 246 g/mol. The van der Waals surface area contributed by atoms with Crippen molar-refractivity contribution in [2.45, 2.75) is 18.8 Å². The molecule has 3 rings (SSSR count). The van der Waals surface area contributed by atoms with E-state index in [0.29, 0.717) is 6.42 Å². The second kappa shape index (κ2) is 4.64. The molecule has 0 spiro atoms. The molecular formula is C18H17NO. The molecule has 0 aliphatic carbocycles. The lowest BCUT2D eigenvalue weighted by Gasteiger charge is -2.23. The topological polar surface area (TPSA) is 20.3 Å². The van der Waals surface area contributed by atoms with E-state index in [2.05, 4.69) is 6.58 Å². The van der Waals surface area contributed by atoms with Gasteiger partial charge in [-0.15, -0.1) is 6.58 Å². The van der Waals surface area contributed by atoms with Gasteiger partial charge in [0.1, 0.15) is 0 Å². The minimum atomic E-state index is -0.520. The third kappa shape index (κ3) is 1.68. The van der Waals surface area contributed by atoms with Crippen molar-refractivity contribution in [1.82, 2.24) is 0 Å². The molecule has 0 N–H and O–H groups in total. The molecule has 2 aromatic carbocycles. The molecule has 20 heavy (non-hydrogen) atoms. The Morgan fingerprint density at radius 3 is 2.45 bits per heavy atom.